The Bertz CT molecular complexity index is 564. The van der Waals surface area contributed by atoms with E-state index in [2.05, 4.69) is 15.4 Å². The first kappa shape index (κ1) is 12.8. The van der Waals surface area contributed by atoms with Crippen LogP contribution in [0.2, 0.25) is 0 Å². The summed E-state index contributed by atoms with van der Waals surface area (Å²) >= 11 is 5.71. The number of aromatic nitrogens is 3. The Morgan fingerprint density at radius 2 is 2.28 bits per heavy atom. The van der Waals surface area contributed by atoms with Gasteiger partial charge in [-0.2, -0.15) is 5.10 Å². The molecule has 2 aromatic rings. The summed E-state index contributed by atoms with van der Waals surface area (Å²) < 4.78 is 1.62. The van der Waals surface area contributed by atoms with Crippen molar-refractivity contribution in [3.05, 3.63) is 30.4 Å². The summed E-state index contributed by atoms with van der Waals surface area (Å²) in [5, 5.41) is 7.05. The van der Waals surface area contributed by atoms with Crippen molar-refractivity contribution < 1.29 is 4.79 Å². The van der Waals surface area contributed by atoms with Gasteiger partial charge in [-0.05, 0) is 20.3 Å². The quantitative estimate of drug-likeness (QED) is 0.860. The van der Waals surface area contributed by atoms with Crippen LogP contribution in [0.15, 0.2) is 24.8 Å². The highest BCUT2D eigenvalue weighted by molar-refractivity contribution is 6.17. The minimum absolute atomic E-state index is 0.159. The lowest BCUT2D eigenvalue weighted by Crippen LogP contribution is -2.43. The van der Waals surface area contributed by atoms with Crippen LogP contribution in [-0.4, -0.2) is 31.9 Å². The summed E-state index contributed by atoms with van der Waals surface area (Å²) in [6, 6.07) is 0. The van der Waals surface area contributed by atoms with Crippen molar-refractivity contribution in [2.75, 3.05) is 5.88 Å². The van der Waals surface area contributed by atoms with Gasteiger partial charge < -0.3 is 5.32 Å². The summed E-state index contributed by atoms with van der Waals surface area (Å²) in [5.41, 5.74) is 0.873. The molecule has 0 aromatic carbocycles. The number of nitrogens with zero attached hydrogens (tertiary/aromatic N) is 3. The van der Waals surface area contributed by atoms with Crippen molar-refractivity contribution in [2.45, 2.75) is 25.8 Å². The van der Waals surface area contributed by atoms with Crippen LogP contribution in [-0.2, 0) is 0 Å². The summed E-state index contributed by atoms with van der Waals surface area (Å²) in [4.78, 5) is 16.2. The summed E-state index contributed by atoms with van der Waals surface area (Å²) in [6.07, 6.45) is 7.20. The van der Waals surface area contributed by atoms with Gasteiger partial charge in [0.05, 0.1) is 23.5 Å². The molecule has 0 aliphatic heterocycles. The molecule has 0 spiro atoms. The standard InChI is InChI=1S/C12H15ClN4O/c1-12(2,3-4-13)16-11(18)9-7-15-17-6-5-14-8-10(9)17/h5-8H,3-4H2,1-2H3,(H,16,18). The Labute approximate surface area is 110 Å². The molecule has 1 amide bonds. The van der Waals surface area contributed by atoms with Gasteiger partial charge in [-0.25, -0.2) is 4.52 Å². The highest BCUT2D eigenvalue weighted by Crippen LogP contribution is 2.13. The molecule has 0 aliphatic rings. The van der Waals surface area contributed by atoms with Crippen molar-refractivity contribution in [3.8, 4) is 0 Å². The lowest BCUT2D eigenvalue weighted by molar-refractivity contribution is 0.0913. The van der Waals surface area contributed by atoms with Crippen LogP contribution in [0.5, 0.6) is 0 Å². The second-order valence-electron chi connectivity index (χ2n) is 4.74. The third-order valence-electron chi connectivity index (χ3n) is 2.74. The Morgan fingerprint density at radius 1 is 1.50 bits per heavy atom. The van der Waals surface area contributed by atoms with Gasteiger partial charge >= 0.3 is 0 Å². The Kier molecular flexibility index (Phi) is 3.52. The fourth-order valence-corrected chi connectivity index (χ4v) is 2.16. The lowest BCUT2D eigenvalue weighted by atomic mass is 10.0. The molecule has 2 aromatic heterocycles. The van der Waals surface area contributed by atoms with Crippen LogP contribution in [0.25, 0.3) is 5.52 Å². The van der Waals surface area contributed by atoms with E-state index in [1.807, 2.05) is 13.8 Å². The number of fused-ring (bicyclic) bond motifs is 1. The SMILES string of the molecule is CC(C)(CCCl)NC(=O)c1cnn2ccncc12. The van der Waals surface area contributed by atoms with E-state index < -0.39 is 0 Å². The summed E-state index contributed by atoms with van der Waals surface area (Å²) in [5.74, 6) is 0.344. The van der Waals surface area contributed by atoms with Crippen LogP contribution < -0.4 is 5.32 Å². The van der Waals surface area contributed by atoms with Gasteiger partial charge in [-0.3, -0.25) is 9.78 Å². The molecule has 0 fully saturated rings. The highest BCUT2D eigenvalue weighted by atomic mass is 35.5. The maximum absolute atomic E-state index is 12.2. The number of carbonyl (C=O) groups is 1. The number of amides is 1. The first-order valence-corrected chi connectivity index (χ1v) is 6.23. The van der Waals surface area contributed by atoms with Crippen molar-refractivity contribution in [1.29, 1.82) is 0 Å². The maximum atomic E-state index is 12.2. The van der Waals surface area contributed by atoms with Gasteiger partial charge in [-0.1, -0.05) is 0 Å². The molecule has 0 atom stereocenters. The molecule has 2 heterocycles. The van der Waals surface area contributed by atoms with Crippen LogP contribution in [0.1, 0.15) is 30.6 Å². The molecule has 5 nitrogen and oxygen atoms in total. The first-order valence-electron chi connectivity index (χ1n) is 5.69. The molecular formula is C12H15ClN4O. The van der Waals surface area contributed by atoms with Gasteiger partial charge in [-0.15, -0.1) is 11.6 Å². The molecule has 1 N–H and O–H groups in total. The zero-order valence-corrected chi connectivity index (χ0v) is 11.1. The largest absolute Gasteiger partial charge is 0.347 e. The van der Waals surface area contributed by atoms with Crippen molar-refractivity contribution in [2.24, 2.45) is 0 Å². The minimum Gasteiger partial charge on any atom is -0.347 e. The number of alkyl halides is 1. The first-order chi connectivity index (χ1) is 8.53. The fraction of sp³-hybridized carbons (Fsp3) is 0.417. The van der Waals surface area contributed by atoms with Gasteiger partial charge in [0.25, 0.3) is 5.91 Å². The van der Waals surface area contributed by atoms with Crippen molar-refractivity contribution >= 4 is 23.0 Å². The summed E-state index contributed by atoms with van der Waals surface area (Å²) in [7, 11) is 0. The van der Waals surface area contributed by atoms with E-state index in [4.69, 9.17) is 11.6 Å². The average molecular weight is 267 g/mol. The van der Waals surface area contributed by atoms with Gasteiger partial charge in [0.2, 0.25) is 0 Å². The zero-order valence-electron chi connectivity index (χ0n) is 10.4. The predicted molar refractivity (Wildman–Crippen MR) is 69.9 cm³/mol. The van der Waals surface area contributed by atoms with Crippen molar-refractivity contribution in [1.82, 2.24) is 19.9 Å². The topological polar surface area (TPSA) is 59.3 Å². The van der Waals surface area contributed by atoms with Crippen molar-refractivity contribution in [3.63, 3.8) is 0 Å². The van der Waals surface area contributed by atoms with E-state index in [0.717, 1.165) is 0 Å². The van der Waals surface area contributed by atoms with E-state index in [-0.39, 0.29) is 11.4 Å². The Morgan fingerprint density at radius 3 is 3.00 bits per heavy atom. The minimum atomic E-state index is -0.338. The second kappa shape index (κ2) is 4.94. The highest BCUT2D eigenvalue weighted by Gasteiger charge is 2.22. The third-order valence-corrected chi connectivity index (χ3v) is 2.93. The number of nitrogens with one attached hydrogen (secondary N) is 1. The molecule has 18 heavy (non-hydrogen) atoms. The fourth-order valence-electron chi connectivity index (χ4n) is 1.68. The molecule has 96 valence electrons. The molecule has 0 radical (unpaired) electrons. The van der Waals surface area contributed by atoms with E-state index >= 15 is 0 Å². The third kappa shape index (κ3) is 2.61. The average Bonchev–Trinajstić information content (AvgIpc) is 2.71. The van der Waals surface area contributed by atoms with Crippen LogP contribution >= 0.6 is 11.6 Å². The van der Waals surface area contributed by atoms with E-state index in [1.165, 1.54) is 0 Å². The van der Waals surface area contributed by atoms with E-state index in [0.29, 0.717) is 23.4 Å². The molecule has 0 saturated carbocycles. The monoisotopic (exact) mass is 266 g/mol. The number of rotatable bonds is 4. The molecule has 2 rings (SSSR count). The smallest absolute Gasteiger partial charge is 0.255 e. The predicted octanol–water partition coefficient (Wildman–Crippen LogP) is 1.87. The number of carbonyl (C=O) groups excluding carboxylic acids is 1. The number of hydrogen-bond acceptors (Lipinski definition) is 3. The van der Waals surface area contributed by atoms with E-state index in [1.54, 1.807) is 29.3 Å². The van der Waals surface area contributed by atoms with E-state index in [9.17, 15) is 4.79 Å². The molecule has 0 aliphatic carbocycles. The van der Waals surface area contributed by atoms with Crippen LogP contribution in [0.3, 0.4) is 0 Å². The zero-order chi connectivity index (χ0) is 13.2. The Hall–Kier alpha value is -1.62. The van der Waals surface area contributed by atoms with Crippen LogP contribution in [0, 0.1) is 0 Å². The number of halogens is 1. The second-order valence-corrected chi connectivity index (χ2v) is 5.12. The Balaban J connectivity index is 2.24. The molecular weight excluding hydrogens is 252 g/mol. The molecule has 6 heteroatoms. The maximum Gasteiger partial charge on any atom is 0.255 e. The normalized spacial score (nSPS) is 11.7. The van der Waals surface area contributed by atoms with Gasteiger partial charge in [0, 0.05) is 23.8 Å². The van der Waals surface area contributed by atoms with Gasteiger partial charge in [0.15, 0.2) is 0 Å². The molecule has 0 saturated heterocycles. The lowest BCUT2D eigenvalue weighted by Gasteiger charge is -2.24. The molecule has 0 bridgehead atoms. The summed E-state index contributed by atoms with van der Waals surface area (Å²) in [6.45, 7) is 3.88. The van der Waals surface area contributed by atoms with Crippen LogP contribution in [0.4, 0.5) is 0 Å². The number of hydrogen-bond donors (Lipinski definition) is 1. The van der Waals surface area contributed by atoms with Gasteiger partial charge in [0.1, 0.15) is 0 Å². The molecule has 0 unspecified atom stereocenters.